The molecule has 0 aliphatic carbocycles. The molecule has 0 bridgehead atoms. The normalized spacial score (nSPS) is 10.5. The molecule has 0 unspecified atom stereocenters. The van der Waals surface area contributed by atoms with Gasteiger partial charge in [0.15, 0.2) is 0 Å². The standard InChI is InChI=1S/C12H23N7O/c1-8(2)6-14-9(20)7-19(5)12-16-10(13)15-11(17-12)18(3)4/h8H,6-7H2,1-5H3,(H,14,20)(H2,13,15,16,17). The van der Waals surface area contributed by atoms with Crippen LogP contribution in [-0.4, -0.2) is 55.1 Å². The molecule has 3 N–H and O–H groups in total. The summed E-state index contributed by atoms with van der Waals surface area (Å²) in [5, 5.41) is 2.84. The number of amides is 1. The van der Waals surface area contributed by atoms with Crippen molar-refractivity contribution in [2.24, 2.45) is 5.92 Å². The van der Waals surface area contributed by atoms with Crippen LogP contribution >= 0.6 is 0 Å². The van der Waals surface area contributed by atoms with Crippen molar-refractivity contribution in [3.8, 4) is 0 Å². The molecular weight excluding hydrogens is 258 g/mol. The molecular formula is C12H23N7O. The first kappa shape index (κ1) is 15.9. The average Bonchev–Trinajstić information content (AvgIpc) is 2.35. The fraction of sp³-hybridized carbons (Fsp3) is 0.667. The number of likely N-dealkylation sites (N-methyl/N-ethyl adjacent to an activating group) is 1. The molecule has 1 amide bonds. The number of carbonyl (C=O) groups is 1. The van der Waals surface area contributed by atoms with Gasteiger partial charge in [-0.3, -0.25) is 4.79 Å². The Bertz CT molecular complexity index is 461. The summed E-state index contributed by atoms with van der Waals surface area (Å²) >= 11 is 0. The van der Waals surface area contributed by atoms with Crippen molar-refractivity contribution in [2.45, 2.75) is 13.8 Å². The van der Waals surface area contributed by atoms with E-state index in [1.165, 1.54) is 0 Å². The molecule has 8 heteroatoms. The molecule has 0 saturated heterocycles. The van der Waals surface area contributed by atoms with Crippen LogP contribution < -0.4 is 20.9 Å². The van der Waals surface area contributed by atoms with Gasteiger partial charge in [-0.05, 0) is 5.92 Å². The summed E-state index contributed by atoms with van der Waals surface area (Å²) < 4.78 is 0. The molecule has 0 aliphatic rings. The number of hydrogen-bond donors (Lipinski definition) is 2. The van der Waals surface area contributed by atoms with E-state index in [0.29, 0.717) is 24.4 Å². The molecule has 112 valence electrons. The molecule has 0 saturated carbocycles. The maximum Gasteiger partial charge on any atom is 0.239 e. The van der Waals surface area contributed by atoms with Crippen molar-refractivity contribution in [1.29, 1.82) is 0 Å². The van der Waals surface area contributed by atoms with E-state index in [0.717, 1.165) is 0 Å². The SMILES string of the molecule is CC(C)CNC(=O)CN(C)c1nc(N)nc(N(C)C)n1. The lowest BCUT2D eigenvalue weighted by atomic mass is 10.2. The summed E-state index contributed by atoms with van der Waals surface area (Å²) in [4.78, 5) is 27.4. The summed E-state index contributed by atoms with van der Waals surface area (Å²) in [5.41, 5.74) is 5.65. The van der Waals surface area contributed by atoms with Gasteiger partial charge in [-0.1, -0.05) is 13.8 Å². The molecule has 0 spiro atoms. The number of anilines is 3. The number of aromatic nitrogens is 3. The van der Waals surface area contributed by atoms with Crippen molar-refractivity contribution in [3.05, 3.63) is 0 Å². The van der Waals surface area contributed by atoms with E-state index >= 15 is 0 Å². The van der Waals surface area contributed by atoms with Crippen LogP contribution in [0.15, 0.2) is 0 Å². The number of hydrogen-bond acceptors (Lipinski definition) is 7. The van der Waals surface area contributed by atoms with Gasteiger partial charge in [0.25, 0.3) is 0 Å². The Morgan fingerprint density at radius 3 is 2.35 bits per heavy atom. The van der Waals surface area contributed by atoms with Crippen LogP contribution in [0.4, 0.5) is 17.8 Å². The number of nitrogens with zero attached hydrogens (tertiary/aromatic N) is 5. The molecule has 20 heavy (non-hydrogen) atoms. The van der Waals surface area contributed by atoms with E-state index in [-0.39, 0.29) is 18.4 Å². The molecule has 0 atom stereocenters. The van der Waals surface area contributed by atoms with Crippen LogP contribution in [0.3, 0.4) is 0 Å². The summed E-state index contributed by atoms with van der Waals surface area (Å²) in [5.74, 6) is 1.31. The van der Waals surface area contributed by atoms with Gasteiger partial charge in [0.1, 0.15) is 0 Å². The van der Waals surface area contributed by atoms with Gasteiger partial charge >= 0.3 is 0 Å². The second-order valence-electron chi connectivity index (χ2n) is 5.24. The summed E-state index contributed by atoms with van der Waals surface area (Å²) in [6, 6.07) is 0. The van der Waals surface area contributed by atoms with Crippen molar-refractivity contribution >= 4 is 23.8 Å². The zero-order valence-electron chi connectivity index (χ0n) is 12.7. The van der Waals surface area contributed by atoms with E-state index in [9.17, 15) is 4.79 Å². The number of carbonyl (C=O) groups excluding carboxylic acids is 1. The first-order valence-electron chi connectivity index (χ1n) is 6.46. The Kier molecular flexibility index (Phi) is 5.48. The highest BCUT2D eigenvalue weighted by Gasteiger charge is 2.13. The largest absolute Gasteiger partial charge is 0.368 e. The smallest absolute Gasteiger partial charge is 0.239 e. The van der Waals surface area contributed by atoms with Crippen LogP contribution in [0, 0.1) is 5.92 Å². The number of nitrogen functional groups attached to an aromatic ring is 1. The highest BCUT2D eigenvalue weighted by atomic mass is 16.2. The first-order chi connectivity index (χ1) is 9.29. The molecule has 8 nitrogen and oxygen atoms in total. The zero-order chi connectivity index (χ0) is 15.3. The lowest BCUT2D eigenvalue weighted by molar-refractivity contribution is -0.119. The van der Waals surface area contributed by atoms with Crippen LogP contribution in [-0.2, 0) is 4.79 Å². The molecule has 0 aliphatic heterocycles. The van der Waals surface area contributed by atoms with E-state index < -0.39 is 0 Å². The van der Waals surface area contributed by atoms with Gasteiger partial charge in [0.05, 0.1) is 6.54 Å². The van der Waals surface area contributed by atoms with Crippen molar-refractivity contribution in [2.75, 3.05) is 49.8 Å². The van der Waals surface area contributed by atoms with E-state index in [1.807, 2.05) is 27.9 Å². The summed E-state index contributed by atoms with van der Waals surface area (Å²) in [6.07, 6.45) is 0. The third-order valence-electron chi connectivity index (χ3n) is 2.46. The van der Waals surface area contributed by atoms with Crippen LogP contribution in [0.2, 0.25) is 0 Å². The molecule has 0 radical (unpaired) electrons. The number of rotatable bonds is 6. The topological polar surface area (TPSA) is 100 Å². The van der Waals surface area contributed by atoms with Crippen LogP contribution in [0.25, 0.3) is 0 Å². The van der Waals surface area contributed by atoms with E-state index in [4.69, 9.17) is 5.73 Å². The summed E-state index contributed by atoms with van der Waals surface area (Å²) in [6.45, 7) is 4.90. The second-order valence-corrected chi connectivity index (χ2v) is 5.24. The highest BCUT2D eigenvalue weighted by molar-refractivity contribution is 5.80. The Labute approximate surface area is 119 Å². The Morgan fingerprint density at radius 1 is 1.20 bits per heavy atom. The number of nitrogens with two attached hydrogens (primary N) is 1. The van der Waals surface area contributed by atoms with Gasteiger partial charge < -0.3 is 20.9 Å². The summed E-state index contributed by atoms with van der Waals surface area (Å²) in [7, 11) is 5.37. The molecule has 0 fully saturated rings. The molecule has 0 aromatic carbocycles. The van der Waals surface area contributed by atoms with Gasteiger partial charge in [-0.2, -0.15) is 15.0 Å². The third kappa shape index (κ3) is 4.87. The molecule has 1 heterocycles. The fourth-order valence-electron chi connectivity index (χ4n) is 1.40. The second kappa shape index (κ2) is 6.88. The lowest BCUT2D eigenvalue weighted by Crippen LogP contribution is -2.37. The van der Waals surface area contributed by atoms with Crippen molar-refractivity contribution < 1.29 is 4.79 Å². The maximum atomic E-state index is 11.8. The Morgan fingerprint density at radius 2 is 1.80 bits per heavy atom. The quantitative estimate of drug-likeness (QED) is 0.740. The minimum Gasteiger partial charge on any atom is -0.368 e. The van der Waals surface area contributed by atoms with Crippen molar-refractivity contribution in [1.82, 2.24) is 20.3 Å². The monoisotopic (exact) mass is 281 g/mol. The third-order valence-corrected chi connectivity index (χ3v) is 2.46. The first-order valence-corrected chi connectivity index (χ1v) is 6.46. The van der Waals surface area contributed by atoms with Gasteiger partial charge in [0, 0.05) is 27.7 Å². The van der Waals surface area contributed by atoms with Crippen LogP contribution in [0.1, 0.15) is 13.8 Å². The minimum atomic E-state index is -0.0772. The average molecular weight is 281 g/mol. The minimum absolute atomic E-state index is 0.0772. The van der Waals surface area contributed by atoms with Crippen LogP contribution in [0.5, 0.6) is 0 Å². The zero-order valence-corrected chi connectivity index (χ0v) is 12.7. The highest BCUT2D eigenvalue weighted by Crippen LogP contribution is 2.11. The Balaban J connectivity index is 2.72. The van der Waals surface area contributed by atoms with Gasteiger partial charge in [0.2, 0.25) is 23.8 Å². The van der Waals surface area contributed by atoms with E-state index in [2.05, 4.69) is 20.3 Å². The lowest BCUT2D eigenvalue weighted by Gasteiger charge is -2.19. The fourth-order valence-corrected chi connectivity index (χ4v) is 1.40. The van der Waals surface area contributed by atoms with E-state index in [1.54, 1.807) is 16.8 Å². The molecule has 1 rings (SSSR count). The van der Waals surface area contributed by atoms with Crippen molar-refractivity contribution in [3.63, 3.8) is 0 Å². The molecule has 1 aromatic heterocycles. The predicted molar refractivity (Wildman–Crippen MR) is 79.7 cm³/mol. The number of nitrogens with one attached hydrogen (secondary N) is 1. The predicted octanol–water partition coefficient (Wildman–Crippen LogP) is -0.272. The van der Waals surface area contributed by atoms with Gasteiger partial charge in [-0.15, -0.1) is 0 Å². The molecule has 1 aromatic rings. The van der Waals surface area contributed by atoms with Gasteiger partial charge in [-0.25, -0.2) is 0 Å². The Hall–Kier alpha value is -2.12. The maximum absolute atomic E-state index is 11.8.